The summed E-state index contributed by atoms with van der Waals surface area (Å²) in [6, 6.07) is 8.76. The Morgan fingerprint density at radius 1 is 1.41 bits per heavy atom. The maximum Gasteiger partial charge on any atom is 0.307 e. The van der Waals surface area contributed by atoms with E-state index in [0.29, 0.717) is 5.56 Å². The smallest absolute Gasteiger partial charge is 0.307 e. The highest BCUT2D eigenvalue weighted by Crippen LogP contribution is 2.35. The van der Waals surface area contributed by atoms with Crippen LogP contribution in [0, 0.1) is 17.2 Å². The topological polar surface area (TPSA) is 67.2 Å². The van der Waals surface area contributed by atoms with Crippen molar-refractivity contribution in [2.45, 2.75) is 19.4 Å². The van der Waals surface area contributed by atoms with Crippen LogP contribution in [0.15, 0.2) is 24.3 Å². The first-order valence-electron chi connectivity index (χ1n) is 5.32. The zero-order valence-corrected chi connectivity index (χ0v) is 9.34. The fourth-order valence-electron chi connectivity index (χ4n) is 1.96. The van der Waals surface area contributed by atoms with Crippen LogP contribution in [0.5, 0.6) is 0 Å². The minimum absolute atomic E-state index is 0.0507. The third kappa shape index (κ3) is 2.18. The number of esters is 1. The van der Waals surface area contributed by atoms with Crippen molar-refractivity contribution in [3.05, 3.63) is 35.4 Å². The molecule has 1 saturated heterocycles. The number of carbonyl (C=O) groups excluding carboxylic acids is 2. The highest BCUT2D eigenvalue weighted by Gasteiger charge is 2.38. The fourth-order valence-corrected chi connectivity index (χ4v) is 1.96. The monoisotopic (exact) mass is 229 g/mol. The summed E-state index contributed by atoms with van der Waals surface area (Å²) in [5.74, 6) is -0.805. The van der Waals surface area contributed by atoms with Crippen molar-refractivity contribution in [1.29, 1.82) is 5.26 Å². The predicted molar refractivity (Wildman–Crippen MR) is 58.8 cm³/mol. The average molecular weight is 229 g/mol. The molecule has 1 aromatic rings. The third-order valence-corrected chi connectivity index (χ3v) is 2.90. The Kier molecular flexibility index (Phi) is 2.92. The van der Waals surface area contributed by atoms with E-state index >= 15 is 0 Å². The lowest BCUT2D eigenvalue weighted by Crippen LogP contribution is -2.15. The van der Waals surface area contributed by atoms with E-state index in [2.05, 4.69) is 0 Å². The maximum atomic E-state index is 11.4. The number of benzene rings is 1. The molecule has 0 N–H and O–H groups in total. The largest absolute Gasteiger partial charge is 0.457 e. The number of nitrogens with zero attached hydrogens (tertiary/aromatic N) is 1. The van der Waals surface area contributed by atoms with E-state index in [0.717, 1.165) is 5.56 Å². The number of hydrogen-bond acceptors (Lipinski definition) is 4. The number of hydrogen-bond donors (Lipinski definition) is 0. The molecule has 4 nitrogen and oxygen atoms in total. The summed E-state index contributed by atoms with van der Waals surface area (Å²) in [7, 11) is 0. The predicted octanol–water partition coefficient (Wildman–Crippen LogP) is 1.75. The van der Waals surface area contributed by atoms with Gasteiger partial charge >= 0.3 is 5.97 Å². The Morgan fingerprint density at radius 2 is 2.06 bits per heavy atom. The van der Waals surface area contributed by atoms with Crippen LogP contribution in [0.25, 0.3) is 0 Å². The van der Waals surface area contributed by atoms with Gasteiger partial charge in [-0.25, -0.2) is 0 Å². The van der Waals surface area contributed by atoms with Crippen LogP contribution in [-0.4, -0.2) is 11.8 Å². The lowest BCUT2D eigenvalue weighted by molar-refractivity contribution is -0.141. The molecule has 0 saturated carbocycles. The van der Waals surface area contributed by atoms with E-state index in [4.69, 9.17) is 10.00 Å². The molecule has 0 radical (unpaired) electrons. The van der Waals surface area contributed by atoms with Gasteiger partial charge in [-0.05, 0) is 24.6 Å². The molecule has 4 heteroatoms. The van der Waals surface area contributed by atoms with E-state index < -0.39 is 12.0 Å². The second-order valence-corrected chi connectivity index (χ2v) is 4.07. The van der Waals surface area contributed by atoms with Crippen molar-refractivity contribution in [3.63, 3.8) is 0 Å². The summed E-state index contributed by atoms with van der Waals surface area (Å²) >= 11 is 0. The SMILES string of the molecule is CC(=O)[C@H]1CC(=O)O[C@@H]1c1ccc(C#N)cc1. The van der Waals surface area contributed by atoms with Gasteiger partial charge in [-0.3, -0.25) is 9.59 Å². The molecule has 17 heavy (non-hydrogen) atoms. The normalized spacial score (nSPS) is 22.9. The standard InChI is InChI=1S/C13H11NO3/c1-8(15)11-6-12(16)17-13(11)10-4-2-9(7-14)3-5-10/h2-5,11,13H,6H2,1H3/t11-,13-/m1/s1. The molecule has 1 fully saturated rings. The van der Waals surface area contributed by atoms with Crippen LogP contribution >= 0.6 is 0 Å². The molecule has 0 spiro atoms. The van der Waals surface area contributed by atoms with Crippen LogP contribution in [0.2, 0.25) is 0 Å². The van der Waals surface area contributed by atoms with Gasteiger partial charge in [0, 0.05) is 0 Å². The Bertz CT molecular complexity index is 498. The molecule has 1 aliphatic rings. The van der Waals surface area contributed by atoms with Gasteiger partial charge in [0.25, 0.3) is 0 Å². The second kappa shape index (κ2) is 4.38. The summed E-state index contributed by atoms with van der Waals surface area (Å²) in [5, 5.41) is 8.69. The first-order chi connectivity index (χ1) is 8.11. The molecular weight excluding hydrogens is 218 g/mol. The van der Waals surface area contributed by atoms with Crippen LogP contribution in [0.3, 0.4) is 0 Å². The van der Waals surface area contributed by atoms with Gasteiger partial charge in [-0.2, -0.15) is 5.26 Å². The average Bonchev–Trinajstić information content (AvgIpc) is 2.72. The Balaban J connectivity index is 2.29. The van der Waals surface area contributed by atoms with Crippen LogP contribution in [-0.2, 0) is 14.3 Å². The van der Waals surface area contributed by atoms with Gasteiger partial charge in [-0.15, -0.1) is 0 Å². The molecule has 1 heterocycles. The van der Waals surface area contributed by atoms with Gasteiger partial charge in [0.05, 0.1) is 24.0 Å². The van der Waals surface area contributed by atoms with Crippen molar-refractivity contribution in [2.75, 3.05) is 0 Å². The Hall–Kier alpha value is -2.15. The Morgan fingerprint density at radius 3 is 2.59 bits per heavy atom. The summed E-state index contributed by atoms with van der Waals surface area (Å²) in [4.78, 5) is 22.7. The lowest BCUT2D eigenvalue weighted by Gasteiger charge is -2.15. The van der Waals surface area contributed by atoms with E-state index in [1.54, 1.807) is 24.3 Å². The molecule has 1 aliphatic heterocycles. The molecule has 0 aromatic heterocycles. The van der Waals surface area contributed by atoms with E-state index in [-0.39, 0.29) is 18.2 Å². The third-order valence-electron chi connectivity index (χ3n) is 2.90. The van der Waals surface area contributed by atoms with Crippen LogP contribution in [0.4, 0.5) is 0 Å². The molecule has 0 aliphatic carbocycles. The van der Waals surface area contributed by atoms with E-state index in [1.165, 1.54) is 6.92 Å². The zero-order valence-electron chi connectivity index (χ0n) is 9.34. The number of nitriles is 1. The number of cyclic esters (lactones) is 1. The quantitative estimate of drug-likeness (QED) is 0.724. The first-order valence-corrected chi connectivity index (χ1v) is 5.32. The van der Waals surface area contributed by atoms with Crippen LogP contribution < -0.4 is 0 Å². The summed E-state index contributed by atoms with van der Waals surface area (Å²) < 4.78 is 5.15. The molecule has 2 rings (SSSR count). The minimum atomic E-state index is -0.507. The van der Waals surface area contributed by atoms with Crippen molar-refractivity contribution < 1.29 is 14.3 Å². The lowest BCUT2D eigenvalue weighted by atomic mass is 9.92. The molecule has 86 valence electrons. The van der Waals surface area contributed by atoms with Gasteiger partial charge in [0.1, 0.15) is 11.9 Å². The number of rotatable bonds is 2. The van der Waals surface area contributed by atoms with Crippen LogP contribution in [0.1, 0.15) is 30.6 Å². The van der Waals surface area contributed by atoms with Gasteiger partial charge in [-0.1, -0.05) is 12.1 Å². The molecule has 2 atom stereocenters. The Labute approximate surface area is 98.8 Å². The number of ether oxygens (including phenoxy) is 1. The van der Waals surface area contributed by atoms with Crippen molar-refractivity contribution in [3.8, 4) is 6.07 Å². The van der Waals surface area contributed by atoms with Gasteiger partial charge < -0.3 is 4.74 Å². The summed E-state index contributed by atoms with van der Waals surface area (Å²) in [6.45, 7) is 1.46. The first kappa shape index (κ1) is 11.3. The molecular formula is C13H11NO3. The zero-order chi connectivity index (χ0) is 12.4. The fraction of sp³-hybridized carbons (Fsp3) is 0.308. The number of carbonyl (C=O) groups is 2. The van der Waals surface area contributed by atoms with Crippen molar-refractivity contribution in [2.24, 2.45) is 5.92 Å². The summed E-state index contributed by atoms with van der Waals surface area (Å²) in [6.07, 6.45) is -0.368. The molecule has 0 bridgehead atoms. The molecule has 1 aromatic carbocycles. The van der Waals surface area contributed by atoms with Crippen molar-refractivity contribution in [1.82, 2.24) is 0 Å². The minimum Gasteiger partial charge on any atom is -0.457 e. The second-order valence-electron chi connectivity index (χ2n) is 4.07. The highest BCUT2D eigenvalue weighted by atomic mass is 16.6. The van der Waals surface area contributed by atoms with E-state index in [9.17, 15) is 9.59 Å². The van der Waals surface area contributed by atoms with Gasteiger partial charge in [0.2, 0.25) is 0 Å². The summed E-state index contributed by atoms with van der Waals surface area (Å²) in [5.41, 5.74) is 1.30. The van der Waals surface area contributed by atoms with E-state index in [1.807, 2.05) is 6.07 Å². The molecule has 0 unspecified atom stereocenters. The van der Waals surface area contributed by atoms with Crippen molar-refractivity contribution >= 4 is 11.8 Å². The molecule has 0 amide bonds. The number of Topliss-reactive ketones (excluding diaryl/α,β-unsaturated/α-hetero) is 1. The number of ketones is 1. The van der Waals surface area contributed by atoms with Gasteiger partial charge in [0.15, 0.2) is 0 Å². The maximum absolute atomic E-state index is 11.4. The highest BCUT2D eigenvalue weighted by molar-refractivity contribution is 5.86.